The number of nitrogens with zero attached hydrogens (tertiary/aromatic N) is 1. The maximum Gasteiger partial charge on any atom is 0.123 e. The van der Waals surface area contributed by atoms with Gasteiger partial charge in [-0.3, -0.25) is 0 Å². The van der Waals surface area contributed by atoms with Crippen molar-refractivity contribution < 1.29 is 0 Å². The van der Waals surface area contributed by atoms with E-state index in [0.29, 0.717) is 5.88 Å². The summed E-state index contributed by atoms with van der Waals surface area (Å²) in [4.78, 5) is 5.47. The second kappa shape index (κ2) is 4.64. The number of thiazole rings is 1. The van der Waals surface area contributed by atoms with Gasteiger partial charge in [0, 0.05) is 21.1 Å². The molecular formula is C11H9BrClNS. The van der Waals surface area contributed by atoms with Crippen molar-refractivity contribution in [1.29, 1.82) is 0 Å². The lowest BCUT2D eigenvalue weighted by Crippen LogP contribution is -1.81. The third-order valence-corrected chi connectivity index (χ3v) is 4.07. The van der Waals surface area contributed by atoms with Crippen LogP contribution >= 0.6 is 38.9 Å². The van der Waals surface area contributed by atoms with Gasteiger partial charge in [-0.2, -0.15) is 0 Å². The molecule has 4 heteroatoms. The molecule has 0 saturated heterocycles. The molecule has 0 amide bonds. The minimum absolute atomic E-state index is 0.535. The molecule has 78 valence electrons. The summed E-state index contributed by atoms with van der Waals surface area (Å²) in [5, 5.41) is 1.04. The first-order chi connectivity index (χ1) is 7.20. The molecule has 0 atom stereocenters. The molecule has 1 heterocycles. The smallest absolute Gasteiger partial charge is 0.123 e. The van der Waals surface area contributed by atoms with Gasteiger partial charge in [-0.1, -0.05) is 22.0 Å². The van der Waals surface area contributed by atoms with E-state index in [1.54, 1.807) is 11.3 Å². The molecule has 1 aromatic heterocycles. The summed E-state index contributed by atoms with van der Waals surface area (Å²) in [5.74, 6) is 0.535. The summed E-state index contributed by atoms with van der Waals surface area (Å²) in [6.07, 6.45) is 1.84. The first-order valence-electron chi connectivity index (χ1n) is 4.48. The quantitative estimate of drug-likeness (QED) is 0.738. The van der Waals surface area contributed by atoms with Crippen LogP contribution in [-0.4, -0.2) is 4.98 Å². The fraction of sp³-hybridized carbons (Fsp3) is 0.182. The molecule has 0 aliphatic rings. The lowest BCUT2D eigenvalue weighted by Gasteiger charge is -2.01. The van der Waals surface area contributed by atoms with E-state index in [1.807, 2.05) is 12.3 Å². The zero-order valence-corrected chi connectivity index (χ0v) is 11.3. The Morgan fingerprint density at radius 3 is 2.87 bits per heavy atom. The van der Waals surface area contributed by atoms with Crippen molar-refractivity contribution in [2.75, 3.05) is 0 Å². The Labute approximate surface area is 106 Å². The third-order valence-electron chi connectivity index (χ3n) is 2.10. The van der Waals surface area contributed by atoms with Crippen molar-refractivity contribution in [3.8, 4) is 10.6 Å². The van der Waals surface area contributed by atoms with E-state index < -0.39 is 0 Å². The highest BCUT2D eigenvalue weighted by atomic mass is 79.9. The number of aryl methyl sites for hydroxylation is 1. The largest absolute Gasteiger partial charge is 0.244 e. The first kappa shape index (κ1) is 11.1. The van der Waals surface area contributed by atoms with Crippen LogP contribution in [0.5, 0.6) is 0 Å². The van der Waals surface area contributed by atoms with E-state index in [2.05, 4.69) is 40.0 Å². The van der Waals surface area contributed by atoms with Crippen LogP contribution in [0.1, 0.15) is 10.4 Å². The minimum atomic E-state index is 0.535. The maximum atomic E-state index is 5.76. The molecule has 0 aliphatic carbocycles. The Bertz CT molecular complexity index is 481. The Morgan fingerprint density at radius 2 is 2.27 bits per heavy atom. The van der Waals surface area contributed by atoms with Gasteiger partial charge in [0.1, 0.15) is 5.01 Å². The molecule has 0 saturated carbocycles. The van der Waals surface area contributed by atoms with Gasteiger partial charge in [-0.05, 0) is 24.6 Å². The maximum absolute atomic E-state index is 5.76. The van der Waals surface area contributed by atoms with Crippen LogP contribution in [0.25, 0.3) is 10.6 Å². The SMILES string of the molecule is Cc1cc(Br)ccc1-c1ncc(CCl)s1. The number of hydrogen-bond acceptors (Lipinski definition) is 2. The highest BCUT2D eigenvalue weighted by Crippen LogP contribution is 2.30. The highest BCUT2D eigenvalue weighted by Gasteiger charge is 2.06. The van der Waals surface area contributed by atoms with Gasteiger partial charge in [0.05, 0.1) is 5.88 Å². The average molecular weight is 303 g/mol. The third kappa shape index (κ3) is 2.41. The van der Waals surface area contributed by atoms with Crippen molar-refractivity contribution in [2.24, 2.45) is 0 Å². The average Bonchev–Trinajstić information content (AvgIpc) is 2.66. The van der Waals surface area contributed by atoms with Gasteiger partial charge in [-0.15, -0.1) is 22.9 Å². The molecule has 15 heavy (non-hydrogen) atoms. The van der Waals surface area contributed by atoms with Crippen LogP contribution in [0, 0.1) is 6.92 Å². The van der Waals surface area contributed by atoms with Crippen molar-refractivity contribution in [3.05, 3.63) is 39.3 Å². The van der Waals surface area contributed by atoms with Crippen LogP contribution in [0.4, 0.5) is 0 Å². The topological polar surface area (TPSA) is 12.9 Å². The summed E-state index contributed by atoms with van der Waals surface area (Å²) >= 11 is 10.9. The number of benzene rings is 1. The second-order valence-corrected chi connectivity index (χ2v) is 5.52. The van der Waals surface area contributed by atoms with Crippen LogP contribution in [0.15, 0.2) is 28.9 Å². The highest BCUT2D eigenvalue weighted by molar-refractivity contribution is 9.10. The number of rotatable bonds is 2. The molecule has 1 nitrogen and oxygen atoms in total. The molecule has 2 aromatic rings. The van der Waals surface area contributed by atoms with Gasteiger partial charge in [0.2, 0.25) is 0 Å². The van der Waals surface area contributed by atoms with Crippen LogP contribution in [-0.2, 0) is 5.88 Å². The molecule has 0 N–H and O–H groups in total. The van der Waals surface area contributed by atoms with Gasteiger partial charge >= 0.3 is 0 Å². The monoisotopic (exact) mass is 301 g/mol. The van der Waals surface area contributed by atoms with Gasteiger partial charge in [-0.25, -0.2) is 4.98 Å². The van der Waals surface area contributed by atoms with E-state index in [1.165, 1.54) is 11.1 Å². The van der Waals surface area contributed by atoms with E-state index in [4.69, 9.17) is 11.6 Å². The Hall–Kier alpha value is -0.380. The molecule has 0 bridgehead atoms. The predicted octanol–water partition coefficient (Wildman–Crippen LogP) is 4.62. The van der Waals surface area contributed by atoms with Crippen LogP contribution in [0.2, 0.25) is 0 Å². The normalized spacial score (nSPS) is 10.6. The van der Waals surface area contributed by atoms with Crippen molar-refractivity contribution in [3.63, 3.8) is 0 Å². The number of alkyl halides is 1. The van der Waals surface area contributed by atoms with Gasteiger partial charge < -0.3 is 0 Å². The summed E-state index contributed by atoms with van der Waals surface area (Å²) in [6.45, 7) is 2.09. The summed E-state index contributed by atoms with van der Waals surface area (Å²) in [5.41, 5.74) is 2.40. The standard InChI is InChI=1S/C11H9BrClNS/c1-7-4-8(12)2-3-10(7)11-14-6-9(5-13)15-11/h2-4,6H,5H2,1H3. The summed E-state index contributed by atoms with van der Waals surface area (Å²) < 4.78 is 1.10. The van der Waals surface area contributed by atoms with Crippen LogP contribution < -0.4 is 0 Å². The molecule has 0 fully saturated rings. The predicted molar refractivity (Wildman–Crippen MR) is 69.5 cm³/mol. The number of aromatic nitrogens is 1. The van der Waals surface area contributed by atoms with E-state index in [0.717, 1.165) is 14.4 Å². The summed E-state index contributed by atoms with van der Waals surface area (Å²) in [6, 6.07) is 6.21. The molecule has 1 aromatic carbocycles. The minimum Gasteiger partial charge on any atom is -0.244 e. The van der Waals surface area contributed by atoms with E-state index in [-0.39, 0.29) is 0 Å². The zero-order chi connectivity index (χ0) is 10.8. The molecule has 0 aliphatic heterocycles. The Kier molecular flexibility index (Phi) is 3.44. The van der Waals surface area contributed by atoms with Crippen molar-refractivity contribution in [2.45, 2.75) is 12.8 Å². The number of hydrogen-bond donors (Lipinski definition) is 0. The lowest BCUT2D eigenvalue weighted by molar-refractivity contribution is 1.34. The molecule has 0 spiro atoms. The van der Waals surface area contributed by atoms with Gasteiger partial charge in [0.25, 0.3) is 0 Å². The Morgan fingerprint density at radius 1 is 1.47 bits per heavy atom. The number of halogens is 2. The fourth-order valence-electron chi connectivity index (χ4n) is 1.36. The zero-order valence-electron chi connectivity index (χ0n) is 8.13. The molecule has 0 unspecified atom stereocenters. The molecular weight excluding hydrogens is 294 g/mol. The van der Waals surface area contributed by atoms with Crippen LogP contribution in [0.3, 0.4) is 0 Å². The van der Waals surface area contributed by atoms with Crippen molar-refractivity contribution >= 4 is 38.9 Å². The van der Waals surface area contributed by atoms with Gasteiger partial charge in [0.15, 0.2) is 0 Å². The fourth-order valence-corrected chi connectivity index (χ4v) is 2.92. The Balaban J connectivity index is 2.44. The lowest BCUT2D eigenvalue weighted by atomic mass is 10.1. The first-order valence-corrected chi connectivity index (χ1v) is 6.62. The summed E-state index contributed by atoms with van der Waals surface area (Å²) in [7, 11) is 0. The molecule has 0 radical (unpaired) electrons. The van der Waals surface area contributed by atoms with E-state index in [9.17, 15) is 0 Å². The van der Waals surface area contributed by atoms with Crippen molar-refractivity contribution in [1.82, 2.24) is 4.98 Å². The van der Waals surface area contributed by atoms with E-state index >= 15 is 0 Å². The molecule has 2 rings (SSSR count). The second-order valence-electron chi connectivity index (χ2n) is 3.22.